The summed E-state index contributed by atoms with van der Waals surface area (Å²) in [6, 6.07) is 0. The number of carbonyl (C=O) groups excluding carboxylic acids is 3. The Morgan fingerprint density at radius 1 is 1.35 bits per heavy atom. The molecule has 0 radical (unpaired) electrons. The van der Waals surface area contributed by atoms with Crippen LogP contribution in [-0.2, 0) is 14.3 Å². The van der Waals surface area contributed by atoms with Gasteiger partial charge in [0.1, 0.15) is 11.4 Å². The van der Waals surface area contributed by atoms with Crippen LogP contribution in [0.4, 0.5) is 4.79 Å². The highest BCUT2D eigenvalue weighted by Gasteiger charge is 2.51. The van der Waals surface area contributed by atoms with Gasteiger partial charge in [0.05, 0.1) is 0 Å². The number of ketones is 1. The number of piperidine rings is 1. The van der Waals surface area contributed by atoms with Crippen LogP contribution >= 0.6 is 11.6 Å². The fourth-order valence-electron chi connectivity index (χ4n) is 2.65. The Bertz CT molecular complexity index is 443. The van der Waals surface area contributed by atoms with E-state index < -0.39 is 11.7 Å². The normalized spacial score (nSPS) is 30.1. The molecule has 2 aliphatic rings. The third-order valence-corrected chi connectivity index (χ3v) is 4.04. The zero-order valence-corrected chi connectivity index (χ0v) is 12.8. The van der Waals surface area contributed by atoms with E-state index in [0.717, 1.165) is 0 Å². The molecular formula is C14H20ClNO4. The summed E-state index contributed by atoms with van der Waals surface area (Å²) in [5.41, 5.74) is -0.553. The average Bonchev–Trinajstić information content (AvgIpc) is 3.07. The lowest BCUT2D eigenvalue weighted by Gasteiger charge is -2.33. The van der Waals surface area contributed by atoms with Crippen molar-refractivity contribution in [1.29, 1.82) is 0 Å². The van der Waals surface area contributed by atoms with Crippen LogP contribution in [-0.4, -0.2) is 40.7 Å². The Morgan fingerprint density at radius 3 is 2.50 bits per heavy atom. The van der Waals surface area contributed by atoms with E-state index in [1.807, 2.05) is 0 Å². The van der Waals surface area contributed by atoms with Gasteiger partial charge in [0.15, 0.2) is 0 Å². The first-order chi connectivity index (χ1) is 9.19. The van der Waals surface area contributed by atoms with E-state index in [0.29, 0.717) is 25.9 Å². The van der Waals surface area contributed by atoms with E-state index in [1.165, 1.54) is 0 Å². The number of amides is 1. The van der Waals surface area contributed by atoms with Crippen LogP contribution < -0.4 is 0 Å². The Hall–Kier alpha value is -1.10. The van der Waals surface area contributed by atoms with Crippen molar-refractivity contribution in [2.75, 3.05) is 13.1 Å². The molecule has 1 saturated heterocycles. The molecule has 20 heavy (non-hydrogen) atoms. The molecule has 0 aromatic heterocycles. The Labute approximate surface area is 123 Å². The van der Waals surface area contributed by atoms with Gasteiger partial charge in [0.25, 0.3) is 0 Å². The van der Waals surface area contributed by atoms with E-state index in [1.54, 1.807) is 25.7 Å². The van der Waals surface area contributed by atoms with Crippen molar-refractivity contribution in [3.8, 4) is 0 Å². The van der Waals surface area contributed by atoms with E-state index in [4.69, 9.17) is 16.3 Å². The highest BCUT2D eigenvalue weighted by Crippen LogP contribution is 2.47. The largest absolute Gasteiger partial charge is 0.444 e. The number of hydrogen-bond donors (Lipinski definition) is 0. The zero-order valence-electron chi connectivity index (χ0n) is 12.0. The van der Waals surface area contributed by atoms with Gasteiger partial charge in [-0.3, -0.25) is 9.59 Å². The molecule has 1 amide bonds. The van der Waals surface area contributed by atoms with Gasteiger partial charge in [-0.25, -0.2) is 4.79 Å². The van der Waals surface area contributed by atoms with Gasteiger partial charge < -0.3 is 9.64 Å². The van der Waals surface area contributed by atoms with E-state index in [-0.39, 0.29) is 28.8 Å². The van der Waals surface area contributed by atoms with Crippen LogP contribution in [0, 0.1) is 17.8 Å². The van der Waals surface area contributed by atoms with Gasteiger partial charge in [-0.2, -0.15) is 0 Å². The summed E-state index contributed by atoms with van der Waals surface area (Å²) in [7, 11) is 0. The molecule has 1 aliphatic carbocycles. The van der Waals surface area contributed by atoms with Crippen LogP contribution in [0.2, 0.25) is 0 Å². The molecule has 1 saturated carbocycles. The maximum Gasteiger partial charge on any atom is 0.410 e. The minimum atomic E-state index is -0.553. The SMILES string of the molecule is CC(C)(C)OC(=O)N1CCC(=O)C(C2CC2C(=O)Cl)C1. The second-order valence-corrected chi connectivity index (χ2v) is 6.93. The molecule has 2 rings (SSSR count). The first kappa shape index (κ1) is 15.3. The zero-order chi connectivity index (χ0) is 15.1. The molecule has 0 bridgehead atoms. The Morgan fingerprint density at radius 2 is 2.00 bits per heavy atom. The van der Waals surface area contributed by atoms with Crippen LogP contribution in [0.5, 0.6) is 0 Å². The number of likely N-dealkylation sites (tertiary alicyclic amines) is 1. The van der Waals surface area contributed by atoms with Gasteiger partial charge in [-0.1, -0.05) is 0 Å². The van der Waals surface area contributed by atoms with E-state index in [2.05, 4.69) is 0 Å². The second-order valence-electron chi connectivity index (χ2n) is 6.56. The predicted octanol–water partition coefficient (Wildman–Crippen LogP) is 2.21. The van der Waals surface area contributed by atoms with Gasteiger partial charge >= 0.3 is 6.09 Å². The van der Waals surface area contributed by atoms with Crippen molar-refractivity contribution < 1.29 is 19.1 Å². The number of Topliss-reactive ketones (excluding diaryl/α,β-unsaturated/α-hetero) is 1. The van der Waals surface area contributed by atoms with Crippen LogP contribution in [0.25, 0.3) is 0 Å². The van der Waals surface area contributed by atoms with Crippen LogP contribution in [0.15, 0.2) is 0 Å². The fraction of sp³-hybridized carbons (Fsp3) is 0.786. The molecule has 3 unspecified atom stereocenters. The first-order valence-corrected chi connectivity index (χ1v) is 7.27. The summed E-state index contributed by atoms with van der Waals surface area (Å²) in [5, 5.41) is -0.378. The summed E-state index contributed by atoms with van der Waals surface area (Å²) < 4.78 is 5.32. The lowest BCUT2D eigenvalue weighted by molar-refractivity contribution is -0.127. The molecular weight excluding hydrogens is 282 g/mol. The monoisotopic (exact) mass is 301 g/mol. The second kappa shape index (κ2) is 5.35. The molecule has 1 heterocycles. The minimum Gasteiger partial charge on any atom is -0.444 e. The number of nitrogens with zero attached hydrogens (tertiary/aromatic N) is 1. The smallest absolute Gasteiger partial charge is 0.410 e. The number of rotatable bonds is 2. The summed E-state index contributed by atoms with van der Waals surface area (Å²) >= 11 is 5.47. The molecule has 6 heteroatoms. The predicted molar refractivity (Wildman–Crippen MR) is 73.4 cm³/mol. The molecule has 0 aromatic carbocycles. The molecule has 3 atom stereocenters. The quantitative estimate of drug-likeness (QED) is 0.734. The average molecular weight is 302 g/mol. The summed E-state index contributed by atoms with van der Waals surface area (Å²) in [5.74, 6) is -0.374. The van der Waals surface area contributed by atoms with Gasteiger partial charge in [-0.05, 0) is 44.7 Å². The van der Waals surface area contributed by atoms with E-state index in [9.17, 15) is 14.4 Å². The Balaban J connectivity index is 1.97. The summed E-state index contributed by atoms with van der Waals surface area (Å²) in [4.78, 5) is 36.7. The summed E-state index contributed by atoms with van der Waals surface area (Å²) in [6.45, 7) is 6.14. The third-order valence-electron chi connectivity index (χ3n) is 3.76. The lowest BCUT2D eigenvalue weighted by atomic mass is 9.91. The van der Waals surface area contributed by atoms with Gasteiger partial charge in [0.2, 0.25) is 5.24 Å². The molecule has 112 valence electrons. The number of carbonyl (C=O) groups is 3. The van der Waals surface area contributed by atoms with Crippen molar-refractivity contribution in [1.82, 2.24) is 4.90 Å². The minimum absolute atomic E-state index is 0.00210. The number of halogens is 1. The van der Waals surface area contributed by atoms with Crippen molar-refractivity contribution in [2.45, 2.75) is 39.2 Å². The highest BCUT2D eigenvalue weighted by atomic mass is 35.5. The van der Waals surface area contributed by atoms with Crippen molar-refractivity contribution in [3.63, 3.8) is 0 Å². The molecule has 1 aliphatic heterocycles. The highest BCUT2D eigenvalue weighted by molar-refractivity contribution is 6.64. The van der Waals surface area contributed by atoms with Crippen molar-refractivity contribution in [2.24, 2.45) is 17.8 Å². The van der Waals surface area contributed by atoms with Gasteiger partial charge in [-0.15, -0.1) is 0 Å². The van der Waals surface area contributed by atoms with Crippen LogP contribution in [0.3, 0.4) is 0 Å². The molecule has 0 aromatic rings. The standard InChI is InChI=1S/C14H20ClNO4/c1-14(2,3)20-13(19)16-5-4-11(17)10(7-16)8-6-9(8)12(15)18/h8-10H,4-7H2,1-3H3. The molecule has 0 N–H and O–H groups in total. The summed E-state index contributed by atoms with van der Waals surface area (Å²) in [6.07, 6.45) is 0.578. The molecule has 2 fully saturated rings. The van der Waals surface area contributed by atoms with Crippen molar-refractivity contribution >= 4 is 28.7 Å². The van der Waals surface area contributed by atoms with Gasteiger partial charge in [0, 0.05) is 31.3 Å². The third kappa shape index (κ3) is 3.51. The van der Waals surface area contributed by atoms with Crippen molar-refractivity contribution in [3.05, 3.63) is 0 Å². The number of ether oxygens (including phenoxy) is 1. The lowest BCUT2D eigenvalue weighted by Crippen LogP contribution is -2.47. The topological polar surface area (TPSA) is 63.7 Å². The number of hydrogen-bond acceptors (Lipinski definition) is 4. The first-order valence-electron chi connectivity index (χ1n) is 6.89. The van der Waals surface area contributed by atoms with E-state index >= 15 is 0 Å². The van der Waals surface area contributed by atoms with Crippen LogP contribution in [0.1, 0.15) is 33.6 Å². The maximum atomic E-state index is 12.0. The fourth-order valence-corrected chi connectivity index (χ4v) is 2.90. The maximum absolute atomic E-state index is 12.0. The molecule has 5 nitrogen and oxygen atoms in total. The molecule has 0 spiro atoms. The Kier molecular flexibility index (Phi) is 4.09.